The number of carbonyl (C=O) groups excluding carboxylic acids is 1. The second-order valence-corrected chi connectivity index (χ2v) is 3.65. The summed E-state index contributed by atoms with van der Waals surface area (Å²) in [6.07, 6.45) is -0.368. The summed E-state index contributed by atoms with van der Waals surface area (Å²) in [5, 5.41) is 0. The Morgan fingerprint density at radius 2 is 1.60 bits per heavy atom. The van der Waals surface area contributed by atoms with Crippen LogP contribution >= 0.6 is 0 Å². The fourth-order valence-electron chi connectivity index (χ4n) is 1.00. The highest BCUT2D eigenvalue weighted by Gasteiger charge is 2.06. The number of hydrogen-bond acceptors (Lipinski definition) is 3. The molecule has 0 aliphatic heterocycles. The Balaban J connectivity index is 2.69. The standard InChI is InChI=1S/C11H16N2O2/c1-12(2)9-5-7-10(8-6-9)15-11(14)13(3)4/h5-8H,1-4H3. The minimum Gasteiger partial charge on any atom is -0.410 e. The van der Waals surface area contributed by atoms with Crippen LogP contribution in [0, 0.1) is 0 Å². The SMILES string of the molecule is CN(C)C(=O)Oc1ccc(N(C)C)cc1. The van der Waals surface area contributed by atoms with E-state index in [1.165, 1.54) is 4.90 Å². The molecule has 0 unspecified atom stereocenters. The van der Waals surface area contributed by atoms with Crippen LogP contribution in [0.2, 0.25) is 0 Å². The third-order valence-corrected chi connectivity index (χ3v) is 1.92. The van der Waals surface area contributed by atoms with Gasteiger partial charge in [-0.2, -0.15) is 0 Å². The van der Waals surface area contributed by atoms with E-state index in [-0.39, 0.29) is 6.09 Å². The fourth-order valence-corrected chi connectivity index (χ4v) is 1.00. The molecule has 0 saturated heterocycles. The second-order valence-electron chi connectivity index (χ2n) is 3.65. The van der Waals surface area contributed by atoms with Crippen molar-refractivity contribution in [2.24, 2.45) is 0 Å². The number of hydrogen-bond donors (Lipinski definition) is 0. The molecule has 1 rings (SSSR count). The van der Waals surface area contributed by atoms with Crippen LogP contribution < -0.4 is 9.64 Å². The maximum absolute atomic E-state index is 11.2. The van der Waals surface area contributed by atoms with E-state index in [9.17, 15) is 4.79 Å². The molecule has 0 N–H and O–H groups in total. The Hall–Kier alpha value is -1.71. The lowest BCUT2D eigenvalue weighted by Crippen LogP contribution is -2.25. The van der Waals surface area contributed by atoms with Gasteiger partial charge >= 0.3 is 6.09 Å². The monoisotopic (exact) mass is 208 g/mol. The first kappa shape index (κ1) is 11.4. The summed E-state index contributed by atoms with van der Waals surface area (Å²) in [6.45, 7) is 0. The smallest absolute Gasteiger partial charge is 0.410 e. The van der Waals surface area contributed by atoms with Crippen LogP contribution in [0.5, 0.6) is 5.75 Å². The molecule has 0 aromatic heterocycles. The van der Waals surface area contributed by atoms with Gasteiger partial charge in [-0.05, 0) is 24.3 Å². The molecule has 0 saturated carbocycles. The minimum atomic E-state index is -0.368. The molecule has 1 amide bonds. The zero-order valence-corrected chi connectivity index (χ0v) is 9.52. The van der Waals surface area contributed by atoms with Crippen molar-refractivity contribution < 1.29 is 9.53 Å². The lowest BCUT2D eigenvalue weighted by molar-refractivity contribution is 0.172. The third kappa shape index (κ3) is 3.16. The third-order valence-electron chi connectivity index (χ3n) is 1.92. The average molecular weight is 208 g/mol. The fraction of sp³-hybridized carbons (Fsp3) is 0.364. The highest BCUT2D eigenvalue weighted by atomic mass is 16.6. The van der Waals surface area contributed by atoms with E-state index in [0.717, 1.165) is 5.69 Å². The van der Waals surface area contributed by atoms with E-state index in [2.05, 4.69) is 0 Å². The molecule has 15 heavy (non-hydrogen) atoms. The molecule has 0 atom stereocenters. The average Bonchev–Trinajstić information content (AvgIpc) is 2.18. The van der Waals surface area contributed by atoms with Crippen LogP contribution in [0.25, 0.3) is 0 Å². The van der Waals surface area contributed by atoms with E-state index < -0.39 is 0 Å². The number of benzene rings is 1. The van der Waals surface area contributed by atoms with Crippen LogP contribution in [0.15, 0.2) is 24.3 Å². The maximum atomic E-state index is 11.2. The van der Waals surface area contributed by atoms with Crippen LogP contribution in [0.3, 0.4) is 0 Å². The molecule has 0 heterocycles. The number of amides is 1. The van der Waals surface area contributed by atoms with Crippen molar-refractivity contribution in [2.45, 2.75) is 0 Å². The lowest BCUT2D eigenvalue weighted by atomic mass is 10.3. The number of rotatable bonds is 2. The highest BCUT2D eigenvalue weighted by molar-refractivity contribution is 5.70. The van der Waals surface area contributed by atoms with Gasteiger partial charge in [0.2, 0.25) is 0 Å². The molecule has 82 valence electrons. The van der Waals surface area contributed by atoms with Gasteiger partial charge in [-0.3, -0.25) is 0 Å². The number of ether oxygens (including phenoxy) is 1. The number of anilines is 1. The Bertz CT molecular complexity index is 331. The van der Waals surface area contributed by atoms with Crippen molar-refractivity contribution in [3.8, 4) is 5.75 Å². The van der Waals surface area contributed by atoms with Crippen molar-refractivity contribution in [3.05, 3.63) is 24.3 Å². The Morgan fingerprint density at radius 1 is 1.07 bits per heavy atom. The van der Waals surface area contributed by atoms with Gasteiger partial charge in [-0.15, -0.1) is 0 Å². The zero-order valence-electron chi connectivity index (χ0n) is 9.52. The molecule has 1 aromatic carbocycles. The molecule has 4 nitrogen and oxygen atoms in total. The molecule has 0 spiro atoms. The second kappa shape index (κ2) is 4.68. The largest absolute Gasteiger partial charge is 0.414 e. The summed E-state index contributed by atoms with van der Waals surface area (Å²) in [5.41, 5.74) is 1.07. The molecule has 0 aliphatic carbocycles. The van der Waals surface area contributed by atoms with Crippen molar-refractivity contribution in [3.63, 3.8) is 0 Å². The first-order valence-electron chi connectivity index (χ1n) is 4.67. The molecule has 0 aliphatic rings. The Labute approximate surface area is 90.1 Å². The van der Waals surface area contributed by atoms with E-state index in [1.54, 1.807) is 26.2 Å². The Morgan fingerprint density at radius 3 is 2.00 bits per heavy atom. The summed E-state index contributed by atoms with van der Waals surface area (Å²) in [6, 6.07) is 7.35. The lowest BCUT2D eigenvalue weighted by Gasteiger charge is -2.14. The molecule has 0 bridgehead atoms. The molecular formula is C11H16N2O2. The summed E-state index contributed by atoms with van der Waals surface area (Å²) < 4.78 is 5.08. The van der Waals surface area contributed by atoms with Gasteiger partial charge < -0.3 is 14.5 Å². The van der Waals surface area contributed by atoms with Crippen LogP contribution in [0.4, 0.5) is 10.5 Å². The molecule has 0 fully saturated rings. The molecule has 0 radical (unpaired) electrons. The first-order chi connectivity index (χ1) is 7.00. The van der Waals surface area contributed by atoms with E-state index >= 15 is 0 Å². The summed E-state index contributed by atoms with van der Waals surface area (Å²) in [4.78, 5) is 14.6. The normalized spacial score (nSPS) is 9.60. The zero-order chi connectivity index (χ0) is 11.4. The Kier molecular flexibility index (Phi) is 3.55. The summed E-state index contributed by atoms with van der Waals surface area (Å²) in [7, 11) is 7.22. The quantitative estimate of drug-likeness (QED) is 0.743. The van der Waals surface area contributed by atoms with Crippen LogP contribution in [-0.4, -0.2) is 39.2 Å². The van der Waals surface area contributed by atoms with E-state index in [1.807, 2.05) is 31.1 Å². The number of carbonyl (C=O) groups is 1. The van der Waals surface area contributed by atoms with Gasteiger partial charge in [-0.25, -0.2) is 4.79 Å². The van der Waals surface area contributed by atoms with Crippen LogP contribution in [0.1, 0.15) is 0 Å². The predicted octanol–water partition coefficient (Wildman–Crippen LogP) is 1.81. The first-order valence-corrected chi connectivity index (χ1v) is 4.67. The van der Waals surface area contributed by atoms with Gasteiger partial charge in [0, 0.05) is 33.9 Å². The predicted molar refractivity (Wildman–Crippen MR) is 60.5 cm³/mol. The summed E-state index contributed by atoms with van der Waals surface area (Å²) in [5.74, 6) is 0.555. The molecular weight excluding hydrogens is 192 g/mol. The van der Waals surface area contributed by atoms with Crippen LogP contribution in [-0.2, 0) is 0 Å². The molecule has 1 aromatic rings. The van der Waals surface area contributed by atoms with Crippen molar-refractivity contribution in [2.75, 3.05) is 33.1 Å². The maximum Gasteiger partial charge on any atom is 0.414 e. The van der Waals surface area contributed by atoms with Gasteiger partial charge in [0.05, 0.1) is 0 Å². The van der Waals surface area contributed by atoms with Crippen molar-refractivity contribution in [1.82, 2.24) is 4.90 Å². The van der Waals surface area contributed by atoms with Gasteiger partial charge in [0.15, 0.2) is 0 Å². The highest BCUT2D eigenvalue weighted by Crippen LogP contribution is 2.17. The van der Waals surface area contributed by atoms with Gasteiger partial charge in [0.25, 0.3) is 0 Å². The summed E-state index contributed by atoms with van der Waals surface area (Å²) >= 11 is 0. The topological polar surface area (TPSA) is 32.8 Å². The van der Waals surface area contributed by atoms with Gasteiger partial charge in [0.1, 0.15) is 5.75 Å². The van der Waals surface area contributed by atoms with Gasteiger partial charge in [-0.1, -0.05) is 0 Å². The van der Waals surface area contributed by atoms with Crippen molar-refractivity contribution >= 4 is 11.8 Å². The molecule has 4 heteroatoms. The minimum absolute atomic E-state index is 0.368. The number of nitrogens with zero attached hydrogens (tertiary/aromatic N) is 2. The van der Waals surface area contributed by atoms with Crippen molar-refractivity contribution in [1.29, 1.82) is 0 Å². The van der Waals surface area contributed by atoms with E-state index in [0.29, 0.717) is 5.75 Å². The van der Waals surface area contributed by atoms with E-state index in [4.69, 9.17) is 4.74 Å².